The number of carbonyl (C=O) groups excluding carboxylic acids is 1. The number of thioether (sulfide) groups is 1. The van der Waals surface area contributed by atoms with Crippen molar-refractivity contribution in [2.45, 2.75) is 37.5 Å². The molecule has 0 saturated heterocycles. The number of hydrogen-bond donors (Lipinski definition) is 1. The van der Waals surface area contributed by atoms with E-state index >= 15 is 0 Å². The summed E-state index contributed by atoms with van der Waals surface area (Å²) in [6.07, 6.45) is 0. The van der Waals surface area contributed by atoms with Gasteiger partial charge in [0.25, 0.3) is 0 Å². The SMILES string of the molecule is Cc1ccc(S[C@H](C)C(=O)NCc2ccccc2C)cc1. The molecule has 1 N–H and O–H groups in total. The number of nitrogens with one attached hydrogen (secondary N) is 1. The minimum Gasteiger partial charge on any atom is -0.351 e. The second-order valence-corrected chi connectivity index (χ2v) is 6.63. The van der Waals surface area contributed by atoms with Gasteiger partial charge >= 0.3 is 0 Å². The van der Waals surface area contributed by atoms with Crippen LogP contribution in [0.25, 0.3) is 0 Å². The maximum absolute atomic E-state index is 12.2. The van der Waals surface area contributed by atoms with Gasteiger partial charge in [-0.05, 0) is 44.0 Å². The smallest absolute Gasteiger partial charge is 0.233 e. The van der Waals surface area contributed by atoms with Gasteiger partial charge in [-0.1, -0.05) is 42.0 Å². The minimum absolute atomic E-state index is 0.0730. The first-order valence-corrected chi connectivity index (χ1v) is 8.00. The van der Waals surface area contributed by atoms with E-state index in [2.05, 4.69) is 49.5 Å². The van der Waals surface area contributed by atoms with Gasteiger partial charge in [-0.15, -0.1) is 11.8 Å². The van der Waals surface area contributed by atoms with Crippen molar-refractivity contribution in [2.24, 2.45) is 0 Å². The average molecular weight is 299 g/mol. The summed E-state index contributed by atoms with van der Waals surface area (Å²) in [7, 11) is 0. The number of carbonyl (C=O) groups is 1. The lowest BCUT2D eigenvalue weighted by atomic mass is 10.1. The second-order valence-electron chi connectivity index (χ2n) is 5.22. The fraction of sp³-hybridized carbons (Fsp3) is 0.278. The molecule has 2 aromatic carbocycles. The van der Waals surface area contributed by atoms with Gasteiger partial charge in [0.1, 0.15) is 0 Å². The zero-order valence-electron chi connectivity index (χ0n) is 12.7. The molecule has 2 aromatic rings. The van der Waals surface area contributed by atoms with E-state index in [0.717, 1.165) is 4.90 Å². The Morgan fingerprint density at radius 2 is 1.76 bits per heavy atom. The van der Waals surface area contributed by atoms with E-state index in [4.69, 9.17) is 0 Å². The van der Waals surface area contributed by atoms with Crippen LogP contribution in [-0.2, 0) is 11.3 Å². The third-order valence-electron chi connectivity index (χ3n) is 3.42. The lowest BCUT2D eigenvalue weighted by Gasteiger charge is -2.13. The van der Waals surface area contributed by atoms with E-state index in [-0.39, 0.29) is 11.2 Å². The third kappa shape index (κ3) is 4.64. The van der Waals surface area contributed by atoms with Gasteiger partial charge in [0.2, 0.25) is 5.91 Å². The number of benzene rings is 2. The normalized spacial score (nSPS) is 12.0. The highest BCUT2D eigenvalue weighted by Crippen LogP contribution is 2.23. The van der Waals surface area contributed by atoms with Crippen LogP contribution in [0, 0.1) is 13.8 Å². The molecule has 0 unspecified atom stereocenters. The molecule has 0 saturated carbocycles. The first-order chi connectivity index (χ1) is 10.1. The van der Waals surface area contributed by atoms with Gasteiger partial charge in [-0.2, -0.15) is 0 Å². The van der Waals surface area contributed by atoms with E-state index in [9.17, 15) is 4.79 Å². The molecule has 0 aromatic heterocycles. The first kappa shape index (κ1) is 15.6. The Hall–Kier alpha value is -1.74. The summed E-state index contributed by atoms with van der Waals surface area (Å²) in [5, 5.41) is 2.91. The Bertz CT molecular complexity index is 607. The molecule has 0 radical (unpaired) electrons. The van der Waals surface area contributed by atoms with Crippen molar-refractivity contribution >= 4 is 17.7 Å². The van der Waals surface area contributed by atoms with Crippen LogP contribution in [0.2, 0.25) is 0 Å². The third-order valence-corrected chi connectivity index (χ3v) is 4.53. The summed E-state index contributed by atoms with van der Waals surface area (Å²) in [5.41, 5.74) is 3.60. The van der Waals surface area contributed by atoms with Gasteiger partial charge < -0.3 is 5.32 Å². The molecule has 1 amide bonds. The molecule has 1 atom stereocenters. The molecule has 2 rings (SSSR count). The fourth-order valence-electron chi connectivity index (χ4n) is 2.01. The molecule has 0 fully saturated rings. The largest absolute Gasteiger partial charge is 0.351 e. The van der Waals surface area contributed by atoms with E-state index in [1.54, 1.807) is 11.8 Å². The van der Waals surface area contributed by atoms with Crippen LogP contribution in [0.15, 0.2) is 53.4 Å². The highest BCUT2D eigenvalue weighted by molar-refractivity contribution is 8.00. The van der Waals surface area contributed by atoms with Crippen molar-refractivity contribution in [1.82, 2.24) is 5.32 Å². The van der Waals surface area contributed by atoms with Gasteiger partial charge in [-0.25, -0.2) is 0 Å². The predicted octanol–water partition coefficient (Wildman–Crippen LogP) is 4.10. The summed E-state index contributed by atoms with van der Waals surface area (Å²) in [6.45, 7) is 6.65. The molecular weight excluding hydrogens is 278 g/mol. The van der Waals surface area contributed by atoms with E-state index < -0.39 is 0 Å². The Morgan fingerprint density at radius 1 is 1.10 bits per heavy atom. The van der Waals surface area contributed by atoms with Crippen molar-refractivity contribution in [1.29, 1.82) is 0 Å². The lowest BCUT2D eigenvalue weighted by molar-refractivity contribution is -0.120. The summed E-state index contributed by atoms with van der Waals surface area (Å²) in [4.78, 5) is 13.3. The Kier molecular flexibility index (Phi) is 5.45. The molecule has 0 heterocycles. The summed E-state index contributed by atoms with van der Waals surface area (Å²) >= 11 is 1.59. The molecule has 3 heteroatoms. The summed E-state index contributed by atoms with van der Waals surface area (Å²) in [6, 6.07) is 16.4. The van der Waals surface area contributed by atoms with E-state index in [1.165, 1.54) is 16.7 Å². The van der Waals surface area contributed by atoms with Crippen LogP contribution in [0.5, 0.6) is 0 Å². The Balaban J connectivity index is 1.88. The summed E-state index contributed by atoms with van der Waals surface area (Å²) in [5.74, 6) is 0.0730. The summed E-state index contributed by atoms with van der Waals surface area (Å²) < 4.78 is 0. The van der Waals surface area contributed by atoms with Gasteiger partial charge in [0.05, 0.1) is 5.25 Å². The predicted molar refractivity (Wildman–Crippen MR) is 89.5 cm³/mol. The monoisotopic (exact) mass is 299 g/mol. The molecule has 0 aliphatic heterocycles. The number of rotatable bonds is 5. The fourth-order valence-corrected chi connectivity index (χ4v) is 2.90. The topological polar surface area (TPSA) is 29.1 Å². The molecule has 110 valence electrons. The second kappa shape index (κ2) is 7.32. The zero-order chi connectivity index (χ0) is 15.2. The lowest BCUT2D eigenvalue weighted by Crippen LogP contribution is -2.30. The number of aryl methyl sites for hydroxylation is 2. The Morgan fingerprint density at radius 3 is 2.43 bits per heavy atom. The number of amides is 1. The standard InChI is InChI=1S/C18H21NOS/c1-13-8-10-17(11-9-13)21-15(3)18(20)19-12-16-7-5-4-6-14(16)2/h4-11,15H,12H2,1-3H3,(H,19,20)/t15-/m1/s1. The van der Waals surface area contributed by atoms with Crippen molar-refractivity contribution in [2.75, 3.05) is 0 Å². The van der Waals surface area contributed by atoms with Crippen LogP contribution < -0.4 is 5.32 Å². The van der Waals surface area contributed by atoms with Crippen molar-refractivity contribution < 1.29 is 4.79 Å². The van der Waals surface area contributed by atoms with Crippen molar-refractivity contribution in [3.63, 3.8) is 0 Å². The van der Waals surface area contributed by atoms with Crippen LogP contribution in [0.4, 0.5) is 0 Å². The Labute approximate surface area is 131 Å². The van der Waals surface area contributed by atoms with Crippen LogP contribution in [0.1, 0.15) is 23.6 Å². The van der Waals surface area contributed by atoms with Gasteiger partial charge in [0.15, 0.2) is 0 Å². The molecular formula is C18H21NOS. The molecule has 0 spiro atoms. The highest BCUT2D eigenvalue weighted by atomic mass is 32.2. The first-order valence-electron chi connectivity index (χ1n) is 7.12. The quantitative estimate of drug-likeness (QED) is 0.842. The molecule has 0 bridgehead atoms. The molecule has 0 aliphatic carbocycles. The van der Waals surface area contributed by atoms with Crippen LogP contribution in [-0.4, -0.2) is 11.2 Å². The molecule has 21 heavy (non-hydrogen) atoms. The van der Waals surface area contributed by atoms with Crippen molar-refractivity contribution in [3.05, 3.63) is 65.2 Å². The van der Waals surface area contributed by atoms with Crippen LogP contribution >= 0.6 is 11.8 Å². The minimum atomic E-state index is -0.100. The molecule has 2 nitrogen and oxygen atoms in total. The van der Waals surface area contributed by atoms with Gasteiger partial charge in [0, 0.05) is 11.4 Å². The molecule has 0 aliphatic rings. The van der Waals surface area contributed by atoms with Crippen molar-refractivity contribution in [3.8, 4) is 0 Å². The van der Waals surface area contributed by atoms with E-state index in [0.29, 0.717) is 6.54 Å². The van der Waals surface area contributed by atoms with Crippen LogP contribution in [0.3, 0.4) is 0 Å². The highest BCUT2D eigenvalue weighted by Gasteiger charge is 2.14. The number of hydrogen-bond acceptors (Lipinski definition) is 2. The van der Waals surface area contributed by atoms with E-state index in [1.807, 2.05) is 25.1 Å². The van der Waals surface area contributed by atoms with Gasteiger partial charge in [-0.3, -0.25) is 4.79 Å². The zero-order valence-corrected chi connectivity index (χ0v) is 13.5. The maximum atomic E-state index is 12.2. The maximum Gasteiger partial charge on any atom is 0.233 e. The average Bonchev–Trinajstić information content (AvgIpc) is 2.48.